The first-order valence-corrected chi connectivity index (χ1v) is 18.2. The van der Waals surface area contributed by atoms with Crippen LogP contribution in [0.1, 0.15) is 0 Å². The Hall–Kier alpha value is -7.30. The Labute approximate surface area is 311 Å². The number of hydrogen-bond acceptors (Lipinski definition) is 3. The minimum absolute atomic E-state index is 0.654. The number of aromatic nitrogens is 3. The summed E-state index contributed by atoms with van der Waals surface area (Å²) >= 11 is 0. The first-order chi connectivity index (χ1) is 26.7. The zero-order valence-corrected chi connectivity index (χ0v) is 29.1. The molecule has 3 heterocycles. The van der Waals surface area contributed by atoms with Gasteiger partial charge in [0.25, 0.3) is 0 Å². The van der Waals surface area contributed by atoms with Gasteiger partial charge >= 0.3 is 0 Å². The fourth-order valence-corrected chi connectivity index (χ4v) is 7.96. The van der Waals surface area contributed by atoms with Gasteiger partial charge in [0, 0.05) is 32.5 Å². The average molecular weight is 690 g/mol. The summed E-state index contributed by atoms with van der Waals surface area (Å²) in [5, 5.41) is 5.63. The van der Waals surface area contributed by atoms with Crippen molar-refractivity contribution < 1.29 is 4.42 Å². The topological polar surface area (TPSA) is 43.9 Å². The van der Waals surface area contributed by atoms with Gasteiger partial charge < -0.3 is 4.42 Å². The molecule has 4 nitrogen and oxygen atoms in total. The zero-order valence-electron chi connectivity index (χ0n) is 29.1. The van der Waals surface area contributed by atoms with Crippen LogP contribution in [0.2, 0.25) is 0 Å². The van der Waals surface area contributed by atoms with E-state index in [4.69, 9.17) is 14.4 Å². The molecule has 0 aliphatic carbocycles. The maximum Gasteiger partial charge on any atom is 0.235 e. The van der Waals surface area contributed by atoms with Crippen LogP contribution >= 0.6 is 0 Å². The Morgan fingerprint density at radius 3 is 1.63 bits per heavy atom. The van der Waals surface area contributed by atoms with Gasteiger partial charge in [-0.15, -0.1) is 0 Å². The first-order valence-electron chi connectivity index (χ1n) is 18.2. The lowest BCUT2D eigenvalue weighted by atomic mass is 9.98. The second-order valence-corrected chi connectivity index (χ2v) is 13.8. The van der Waals surface area contributed by atoms with E-state index in [9.17, 15) is 0 Å². The molecule has 0 amide bonds. The number of para-hydroxylation sites is 3. The van der Waals surface area contributed by atoms with E-state index in [1.165, 1.54) is 22.3 Å². The van der Waals surface area contributed by atoms with Crippen LogP contribution in [0, 0.1) is 0 Å². The molecule has 3 aromatic heterocycles. The molecule has 252 valence electrons. The second-order valence-electron chi connectivity index (χ2n) is 13.8. The van der Waals surface area contributed by atoms with Gasteiger partial charge in [-0.1, -0.05) is 146 Å². The maximum atomic E-state index is 6.07. The largest absolute Gasteiger partial charge is 0.456 e. The third-order valence-corrected chi connectivity index (χ3v) is 10.7. The Kier molecular flexibility index (Phi) is 6.82. The first kappa shape index (κ1) is 30.3. The van der Waals surface area contributed by atoms with Crippen molar-refractivity contribution in [2.75, 3.05) is 0 Å². The van der Waals surface area contributed by atoms with E-state index in [1.807, 2.05) is 24.3 Å². The van der Waals surface area contributed by atoms with E-state index in [2.05, 4.69) is 168 Å². The van der Waals surface area contributed by atoms with E-state index in [0.29, 0.717) is 5.95 Å². The van der Waals surface area contributed by atoms with Gasteiger partial charge in [0.15, 0.2) is 0 Å². The van der Waals surface area contributed by atoms with Crippen LogP contribution in [0.5, 0.6) is 0 Å². The highest BCUT2D eigenvalue weighted by Crippen LogP contribution is 2.37. The van der Waals surface area contributed by atoms with Gasteiger partial charge in [-0.25, -0.2) is 9.97 Å². The molecule has 0 saturated carbocycles. The third kappa shape index (κ3) is 4.92. The molecular formula is C50H31N3O. The summed E-state index contributed by atoms with van der Waals surface area (Å²) < 4.78 is 8.28. The summed E-state index contributed by atoms with van der Waals surface area (Å²) in [5.41, 5.74) is 13.9. The molecule has 0 saturated heterocycles. The van der Waals surface area contributed by atoms with Crippen molar-refractivity contribution >= 4 is 54.6 Å². The van der Waals surface area contributed by atoms with Crippen LogP contribution in [0.15, 0.2) is 192 Å². The summed E-state index contributed by atoms with van der Waals surface area (Å²) in [5.74, 6) is 0.654. The van der Waals surface area contributed by atoms with Crippen LogP contribution in [0.25, 0.3) is 105 Å². The highest BCUT2D eigenvalue weighted by molar-refractivity contribution is 6.10. The van der Waals surface area contributed by atoms with E-state index in [0.717, 1.165) is 77.0 Å². The van der Waals surface area contributed by atoms with Gasteiger partial charge in [-0.05, 0) is 75.8 Å². The normalized spacial score (nSPS) is 11.7. The molecule has 8 aromatic carbocycles. The van der Waals surface area contributed by atoms with E-state index >= 15 is 0 Å². The molecule has 0 atom stereocenters. The van der Waals surface area contributed by atoms with Crippen LogP contribution < -0.4 is 0 Å². The molecule has 0 fully saturated rings. The number of nitrogens with zero attached hydrogens (tertiary/aromatic N) is 3. The van der Waals surface area contributed by atoms with Crippen molar-refractivity contribution in [1.82, 2.24) is 14.5 Å². The fraction of sp³-hybridized carbons (Fsp3) is 0. The van der Waals surface area contributed by atoms with Crippen molar-refractivity contribution in [3.05, 3.63) is 188 Å². The minimum Gasteiger partial charge on any atom is -0.456 e. The molecule has 0 spiro atoms. The van der Waals surface area contributed by atoms with E-state index in [1.54, 1.807) is 0 Å². The molecule has 0 aliphatic rings. The highest BCUT2D eigenvalue weighted by atomic mass is 16.3. The van der Waals surface area contributed by atoms with Crippen LogP contribution in [-0.2, 0) is 0 Å². The Morgan fingerprint density at radius 2 is 0.852 bits per heavy atom. The molecule has 0 N–H and O–H groups in total. The monoisotopic (exact) mass is 689 g/mol. The number of furan rings is 1. The molecule has 0 aliphatic heterocycles. The molecule has 11 aromatic rings. The second kappa shape index (κ2) is 12.1. The van der Waals surface area contributed by atoms with Gasteiger partial charge in [0.1, 0.15) is 11.2 Å². The van der Waals surface area contributed by atoms with E-state index in [-0.39, 0.29) is 0 Å². The molecular weight excluding hydrogens is 659 g/mol. The lowest BCUT2D eigenvalue weighted by Crippen LogP contribution is -2.03. The third-order valence-electron chi connectivity index (χ3n) is 10.7. The summed E-state index contributed by atoms with van der Waals surface area (Å²) in [7, 11) is 0. The smallest absolute Gasteiger partial charge is 0.235 e. The molecule has 0 unspecified atom stereocenters. The summed E-state index contributed by atoms with van der Waals surface area (Å²) in [4.78, 5) is 10.5. The number of rotatable bonds is 5. The molecule has 0 radical (unpaired) electrons. The van der Waals surface area contributed by atoms with Crippen LogP contribution in [0.3, 0.4) is 0 Å². The van der Waals surface area contributed by atoms with E-state index < -0.39 is 0 Å². The summed E-state index contributed by atoms with van der Waals surface area (Å²) in [6, 6.07) is 66.3. The van der Waals surface area contributed by atoms with Gasteiger partial charge in [0.05, 0.1) is 22.2 Å². The van der Waals surface area contributed by atoms with Gasteiger partial charge in [-0.2, -0.15) is 0 Å². The minimum atomic E-state index is 0.654. The van der Waals surface area contributed by atoms with Crippen LogP contribution in [-0.4, -0.2) is 14.5 Å². The highest BCUT2D eigenvalue weighted by Gasteiger charge is 2.18. The predicted molar refractivity (Wildman–Crippen MR) is 223 cm³/mol. The molecule has 54 heavy (non-hydrogen) atoms. The van der Waals surface area contributed by atoms with Gasteiger partial charge in [0.2, 0.25) is 5.95 Å². The van der Waals surface area contributed by atoms with Crippen molar-refractivity contribution in [2.45, 2.75) is 0 Å². The number of benzene rings is 8. The Morgan fingerprint density at radius 1 is 0.333 bits per heavy atom. The molecule has 4 heteroatoms. The fourth-order valence-electron chi connectivity index (χ4n) is 7.96. The summed E-state index contributed by atoms with van der Waals surface area (Å²) in [6.07, 6.45) is 0. The Balaban J connectivity index is 1.00. The van der Waals surface area contributed by atoms with Crippen molar-refractivity contribution in [3.8, 4) is 50.6 Å². The zero-order chi connectivity index (χ0) is 35.6. The quantitative estimate of drug-likeness (QED) is 0.181. The van der Waals surface area contributed by atoms with Crippen molar-refractivity contribution in [3.63, 3.8) is 0 Å². The lowest BCUT2D eigenvalue weighted by molar-refractivity contribution is 0.669. The average Bonchev–Trinajstić information content (AvgIpc) is 3.79. The number of fused-ring (bicyclic) bond motifs is 7. The molecule has 11 rings (SSSR count). The molecule has 0 bridgehead atoms. The van der Waals surface area contributed by atoms with Crippen LogP contribution in [0.4, 0.5) is 0 Å². The van der Waals surface area contributed by atoms with Crippen molar-refractivity contribution in [1.29, 1.82) is 0 Å². The SMILES string of the molecule is c1ccc(-c2ccc(-c3nc(-n4c5ccccc5c5cc(-c6ccc(-c7ccc8oc9ccccc9c8c7)cc6)ccc54)nc4ccccc34)cc2)cc1. The number of hydrogen-bond donors (Lipinski definition) is 0. The van der Waals surface area contributed by atoms with Gasteiger partial charge in [-0.3, -0.25) is 4.57 Å². The Bertz CT molecular complexity index is 3190. The lowest BCUT2D eigenvalue weighted by Gasteiger charge is -2.12. The predicted octanol–water partition coefficient (Wildman–Crippen LogP) is 13.3. The standard InChI is InChI=1S/C50H31N3O/c1-2-10-32(11-3-1)33-22-24-36(25-23-33)49-41-14-4-7-15-44(41)51-50(52-49)53-45-16-8-5-12-39(45)42-30-37(26-28-46(42)53)34-18-20-35(21-19-34)38-27-29-48-43(31-38)40-13-6-9-17-47(40)54-48/h1-31H. The maximum absolute atomic E-state index is 6.07. The summed E-state index contributed by atoms with van der Waals surface area (Å²) in [6.45, 7) is 0. The van der Waals surface area contributed by atoms with Crippen molar-refractivity contribution in [2.24, 2.45) is 0 Å².